The second-order valence-corrected chi connectivity index (χ2v) is 6.23. The molecule has 4 atom stereocenters. The van der Waals surface area contributed by atoms with Crippen molar-refractivity contribution in [2.45, 2.75) is 31.5 Å². The molecule has 4 N–H and O–H groups in total. The topological polar surface area (TPSA) is 163 Å². The first-order valence-electron chi connectivity index (χ1n) is 6.15. The Morgan fingerprint density at radius 2 is 2.23 bits per heavy atom. The number of hydrogen-bond acceptors (Lipinski definition) is 9. The van der Waals surface area contributed by atoms with Crippen LogP contribution in [0.25, 0.3) is 0 Å². The van der Waals surface area contributed by atoms with Gasteiger partial charge in [0.1, 0.15) is 12.2 Å². The van der Waals surface area contributed by atoms with Gasteiger partial charge in [0.25, 0.3) is 0 Å². The highest BCUT2D eigenvalue weighted by atomic mass is 31.2. The molecule has 0 radical (unpaired) electrons. The van der Waals surface area contributed by atoms with E-state index in [2.05, 4.69) is 4.98 Å². The summed E-state index contributed by atoms with van der Waals surface area (Å²) in [5, 5.41) is 22.7. The zero-order chi connectivity index (χ0) is 16.7. The van der Waals surface area contributed by atoms with Gasteiger partial charge < -0.3 is 19.8 Å². The highest BCUT2D eigenvalue weighted by Gasteiger charge is 2.46. The van der Waals surface area contributed by atoms with Crippen LogP contribution in [0.4, 0.5) is 4.39 Å². The molecule has 0 bridgehead atoms. The minimum Gasteiger partial charge on any atom is -0.858 e. The molecule has 1 aliphatic heterocycles. The van der Waals surface area contributed by atoms with E-state index in [0.29, 0.717) is 0 Å². The van der Waals surface area contributed by atoms with E-state index in [4.69, 9.17) is 14.5 Å². The van der Waals surface area contributed by atoms with Crippen molar-refractivity contribution in [3.8, 4) is 5.88 Å². The smallest absolute Gasteiger partial charge is 0.349 e. The number of nitrogens with zero attached hydrogens (tertiary/aromatic N) is 2. The fraction of sp³-hybridized carbons (Fsp3) is 0.600. The fourth-order valence-corrected chi connectivity index (χ4v) is 2.46. The summed E-state index contributed by atoms with van der Waals surface area (Å²) in [6.45, 7) is 0.847. The normalized spacial score (nSPS) is 29.0. The van der Waals surface area contributed by atoms with Crippen LogP contribution in [0.3, 0.4) is 0 Å². The molecule has 0 aliphatic carbocycles. The van der Waals surface area contributed by atoms with Gasteiger partial charge in [-0.3, -0.25) is 4.57 Å². The Hall–Kier alpha value is -1.20. The summed E-state index contributed by atoms with van der Waals surface area (Å²) < 4.78 is 19.9. The van der Waals surface area contributed by atoms with Gasteiger partial charge >= 0.3 is 13.8 Å². The van der Waals surface area contributed by atoms with Crippen molar-refractivity contribution in [3.05, 3.63) is 22.2 Å². The van der Waals surface area contributed by atoms with Gasteiger partial charge in [0.2, 0.25) is 0 Å². The number of aliphatic hydroxyl groups is 1. The van der Waals surface area contributed by atoms with Crippen LogP contribution in [-0.4, -0.2) is 49.4 Å². The van der Waals surface area contributed by atoms with Crippen molar-refractivity contribution < 1.29 is 34.0 Å². The maximum atomic E-state index is 14.1. The standard InChI is InChI=1S/C10H15FN3O7P/c1-4-3-14(10(17)13-8(4)16)9-6(11)7(15)5(21-9)2-12-22(18,19)20/h3,5-7,9,15H,2H2,1H3,(H,13,16,17)(H3,12,18,19,20)/p-1/t5-,6-,7-,9-/m1/s1. The van der Waals surface area contributed by atoms with Crippen LogP contribution in [0.2, 0.25) is 0 Å². The molecule has 0 aromatic carbocycles. The summed E-state index contributed by atoms with van der Waals surface area (Å²) in [6.07, 6.45) is -5.51. The molecule has 0 saturated carbocycles. The molecule has 124 valence electrons. The quantitative estimate of drug-likeness (QED) is 0.415. The van der Waals surface area contributed by atoms with E-state index < -0.39 is 50.8 Å². The minimum absolute atomic E-state index is 0.0849. The number of aryl methyl sites for hydroxylation is 1. The molecule has 12 heteroatoms. The molecule has 0 unspecified atom stereocenters. The van der Waals surface area contributed by atoms with Crippen LogP contribution < -0.4 is 20.8 Å². The minimum atomic E-state index is -4.57. The Kier molecular flexibility index (Phi) is 4.78. The van der Waals surface area contributed by atoms with Crippen LogP contribution in [0.15, 0.2) is 11.0 Å². The molecule has 22 heavy (non-hydrogen) atoms. The van der Waals surface area contributed by atoms with Gasteiger partial charge in [-0.1, -0.05) is 0 Å². The Morgan fingerprint density at radius 1 is 1.59 bits per heavy atom. The first-order chi connectivity index (χ1) is 10.1. The van der Waals surface area contributed by atoms with E-state index in [1.807, 2.05) is 0 Å². The lowest BCUT2D eigenvalue weighted by molar-refractivity contribution is -0.276. The Labute approximate surface area is 124 Å². The predicted molar refractivity (Wildman–Crippen MR) is 66.9 cm³/mol. The number of ether oxygens (including phenoxy) is 1. The summed E-state index contributed by atoms with van der Waals surface area (Å²) in [7, 11) is -4.57. The SMILES string of the molecule is Cc1cn([C@@H]2O[C@H](CN[P+]([O-])(O)O)[C@@H](O)[C@H]2F)c(=O)nc1[O-]. The Balaban J connectivity index is 2.20. The molecule has 1 aromatic rings. The summed E-state index contributed by atoms with van der Waals surface area (Å²) in [5.41, 5.74) is -0.958. The lowest BCUT2D eigenvalue weighted by Crippen LogP contribution is -2.38. The highest BCUT2D eigenvalue weighted by Crippen LogP contribution is 2.35. The summed E-state index contributed by atoms with van der Waals surface area (Å²) in [4.78, 5) is 42.9. The molecular weight excluding hydrogens is 324 g/mol. The van der Waals surface area contributed by atoms with E-state index in [9.17, 15) is 24.3 Å². The van der Waals surface area contributed by atoms with Gasteiger partial charge in [0.05, 0.1) is 6.54 Å². The van der Waals surface area contributed by atoms with Crippen molar-refractivity contribution >= 4 is 8.09 Å². The molecule has 1 saturated heterocycles. The summed E-state index contributed by atoms with van der Waals surface area (Å²) >= 11 is 0. The molecule has 2 heterocycles. The van der Waals surface area contributed by atoms with Crippen molar-refractivity contribution in [2.24, 2.45) is 0 Å². The number of halogens is 1. The van der Waals surface area contributed by atoms with Crippen molar-refractivity contribution in [3.63, 3.8) is 0 Å². The molecule has 1 fully saturated rings. The highest BCUT2D eigenvalue weighted by molar-refractivity contribution is 7.54. The molecule has 10 nitrogen and oxygen atoms in total. The number of aliphatic hydroxyl groups excluding tert-OH is 1. The van der Waals surface area contributed by atoms with Crippen LogP contribution in [0.1, 0.15) is 11.8 Å². The van der Waals surface area contributed by atoms with Crippen molar-refractivity contribution in [1.29, 1.82) is 0 Å². The monoisotopic (exact) mass is 338 g/mol. The van der Waals surface area contributed by atoms with E-state index in [-0.39, 0.29) is 5.56 Å². The second-order valence-electron chi connectivity index (χ2n) is 4.83. The maximum absolute atomic E-state index is 14.1. The maximum Gasteiger partial charge on any atom is 0.349 e. The van der Waals surface area contributed by atoms with E-state index in [0.717, 1.165) is 10.8 Å². The predicted octanol–water partition coefficient (Wildman–Crippen LogP) is -3.17. The van der Waals surface area contributed by atoms with Crippen LogP contribution in [-0.2, 0) is 4.74 Å². The average Bonchev–Trinajstić information content (AvgIpc) is 2.68. The number of nitrogens with one attached hydrogen (secondary N) is 1. The van der Waals surface area contributed by atoms with Crippen LogP contribution in [0.5, 0.6) is 5.88 Å². The Morgan fingerprint density at radius 3 is 2.82 bits per heavy atom. The van der Waals surface area contributed by atoms with Crippen LogP contribution >= 0.6 is 8.09 Å². The van der Waals surface area contributed by atoms with Gasteiger partial charge in [-0.25, -0.2) is 24.0 Å². The van der Waals surface area contributed by atoms with Gasteiger partial charge in [-0.15, -0.1) is 5.09 Å². The van der Waals surface area contributed by atoms with E-state index in [1.165, 1.54) is 6.92 Å². The molecule has 0 amide bonds. The second kappa shape index (κ2) is 6.13. The fourth-order valence-electron chi connectivity index (χ4n) is 2.04. The van der Waals surface area contributed by atoms with Gasteiger partial charge in [0.15, 0.2) is 12.4 Å². The molecule has 0 spiro atoms. The lowest BCUT2D eigenvalue weighted by Gasteiger charge is -2.20. The molecule has 2 rings (SSSR count). The zero-order valence-corrected chi connectivity index (χ0v) is 12.2. The average molecular weight is 338 g/mol. The number of rotatable bonds is 4. The van der Waals surface area contributed by atoms with Crippen molar-refractivity contribution in [1.82, 2.24) is 14.6 Å². The lowest BCUT2D eigenvalue weighted by atomic mass is 10.1. The van der Waals surface area contributed by atoms with Gasteiger partial charge in [0, 0.05) is 6.20 Å². The number of aromatic nitrogens is 2. The summed E-state index contributed by atoms with van der Waals surface area (Å²) in [5.74, 6) is -0.755. The Bertz CT molecular complexity index is 607. The van der Waals surface area contributed by atoms with Gasteiger partial charge in [-0.05, 0) is 18.4 Å². The van der Waals surface area contributed by atoms with E-state index in [1.54, 1.807) is 5.09 Å². The zero-order valence-electron chi connectivity index (χ0n) is 11.3. The van der Waals surface area contributed by atoms with E-state index >= 15 is 0 Å². The third-order valence-electron chi connectivity index (χ3n) is 3.15. The number of alkyl halides is 1. The van der Waals surface area contributed by atoms with Gasteiger partial charge in [-0.2, -0.15) is 0 Å². The summed E-state index contributed by atoms with van der Waals surface area (Å²) in [6, 6.07) is 0. The third kappa shape index (κ3) is 3.58. The first-order valence-corrected chi connectivity index (χ1v) is 7.76. The molecule has 1 aliphatic rings. The van der Waals surface area contributed by atoms with Crippen LogP contribution in [0, 0.1) is 6.92 Å². The number of hydrogen-bond donors (Lipinski definition) is 4. The largest absolute Gasteiger partial charge is 0.858 e. The molecular formula is C10H14FN3O7P-. The molecule has 1 aromatic heterocycles. The van der Waals surface area contributed by atoms with Crippen molar-refractivity contribution in [2.75, 3.05) is 6.54 Å². The third-order valence-corrected chi connectivity index (χ3v) is 3.75. The first kappa shape index (κ1) is 17.2.